The summed E-state index contributed by atoms with van der Waals surface area (Å²) < 4.78 is 0. The van der Waals surface area contributed by atoms with Crippen molar-refractivity contribution in [1.82, 2.24) is 10.2 Å². The summed E-state index contributed by atoms with van der Waals surface area (Å²) >= 11 is 13.4. The third-order valence-corrected chi connectivity index (χ3v) is 5.09. The molecule has 0 saturated carbocycles. The highest BCUT2D eigenvalue weighted by atomic mass is 35.5. The van der Waals surface area contributed by atoms with E-state index in [4.69, 9.17) is 23.2 Å². The second kappa shape index (κ2) is 7.82. The maximum Gasteiger partial charge on any atom is 0.270 e. The Bertz CT molecular complexity index is 920. The maximum atomic E-state index is 10.9. The van der Waals surface area contributed by atoms with Crippen LogP contribution in [0, 0.1) is 10.1 Å². The molecule has 3 rings (SSSR count). The van der Waals surface area contributed by atoms with Crippen LogP contribution in [0.15, 0.2) is 59.6 Å². The molecule has 0 aliphatic carbocycles. The lowest BCUT2D eigenvalue weighted by molar-refractivity contribution is -0.384. The number of nitro groups is 1. The lowest BCUT2D eigenvalue weighted by Crippen LogP contribution is -1.92. The summed E-state index contributed by atoms with van der Waals surface area (Å²) in [6.07, 6.45) is 0. The first kappa shape index (κ1) is 17.7. The van der Waals surface area contributed by atoms with Crippen molar-refractivity contribution in [3.63, 3.8) is 0 Å². The molecule has 25 heavy (non-hydrogen) atoms. The van der Waals surface area contributed by atoms with Gasteiger partial charge in [0, 0.05) is 23.4 Å². The zero-order valence-electron chi connectivity index (χ0n) is 12.7. The van der Waals surface area contributed by atoms with E-state index in [0.717, 1.165) is 10.6 Å². The van der Waals surface area contributed by atoms with Gasteiger partial charge in [-0.25, -0.2) is 0 Å². The highest BCUT2D eigenvalue weighted by Gasteiger charge is 2.09. The van der Waals surface area contributed by atoms with Gasteiger partial charge in [-0.1, -0.05) is 53.2 Å². The van der Waals surface area contributed by atoms with Crippen LogP contribution >= 0.6 is 35.0 Å². The number of rotatable bonds is 5. The second-order valence-corrected chi connectivity index (χ2v) is 6.91. The minimum absolute atomic E-state index is 0.0253. The Morgan fingerprint density at radius 2 is 1.84 bits per heavy atom. The molecular formula is C17H11Cl2N3O2S. The lowest BCUT2D eigenvalue weighted by atomic mass is 10.1. The van der Waals surface area contributed by atoms with Gasteiger partial charge in [-0.3, -0.25) is 10.1 Å². The Morgan fingerprint density at radius 3 is 2.52 bits per heavy atom. The predicted octanol–water partition coefficient (Wildman–Crippen LogP) is 5.65. The SMILES string of the molecule is O=[N+]([O-])c1cccc(-c2ccc(SCc3ccc(Cl)c(Cl)c3)nn2)c1. The van der Waals surface area contributed by atoms with Crippen molar-refractivity contribution in [3.05, 3.63) is 80.3 Å². The first-order valence-electron chi connectivity index (χ1n) is 7.18. The highest BCUT2D eigenvalue weighted by Crippen LogP contribution is 2.28. The van der Waals surface area contributed by atoms with E-state index < -0.39 is 4.92 Å². The van der Waals surface area contributed by atoms with Gasteiger partial charge in [-0.2, -0.15) is 0 Å². The molecule has 0 aliphatic heterocycles. The van der Waals surface area contributed by atoms with Crippen molar-refractivity contribution in [2.45, 2.75) is 10.8 Å². The van der Waals surface area contributed by atoms with Gasteiger partial charge in [0.25, 0.3) is 5.69 Å². The molecule has 0 amide bonds. The molecule has 0 aliphatic rings. The molecule has 1 heterocycles. The smallest absolute Gasteiger partial charge is 0.258 e. The molecule has 3 aromatic rings. The minimum Gasteiger partial charge on any atom is -0.258 e. The van der Waals surface area contributed by atoms with Crippen molar-refractivity contribution in [1.29, 1.82) is 0 Å². The van der Waals surface area contributed by atoms with Crippen LogP contribution in [0.4, 0.5) is 5.69 Å². The zero-order valence-corrected chi connectivity index (χ0v) is 15.1. The molecule has 0 saturated heterocycles. The summed E-state index contributed by atoms with van der Waals surface area (Å²) in [6, 6.07) is 15.4. The molecule has 0 radical (unpaired) electrons. The first-order chi connectivity index (χ1) is 12.0. The van der Waals surface area contributed by atoms with Crippen molar-refractivity contribution in [2.75, 3.05) is 0 Å². The predicted molar refractivity (Wildman–Crippen MR) is 100 cm³/mol. The van der Waals surface area contributed by atoms with Crippen LogP contribution in [0.2, 0.25) is 10.0 Å². The van der Waals surface area contributed by atoms with Gasteiger partial charge in [-0.15, -0.1) is 10.2 Å². The fourth-order valence-electron chi connectivity index (χ4n) is 2.12. The highest BCUT2D eigenvalue weighted by molar-refractivity contribution is 7.98. The summed E-state index contributed by atoms with van der Waals surface area (Å²) in [6.45, 7) is 0. The fourth-order valence-corrected chi connectivity index (χ4v) is 3.19. The molecule has 8 heteroatoms. The normalized spacial score (nSPS) is 10.6. The Labute approximate surface area is 158 Å². The molecule has 0 fully saturated rings. The van der Waals surface area contributed by atoms with E-state index in [1.54, 1.807) is 24.3 Å². The van der Waals surface area contributed by atoms with Crippen LogP contribution in [0.1, 0.15) is 5.56 Å². The van der Waals surface area contributed by atoms with Crippen LogP contribution in [0.5, 0.6) is 0 Å². The molecule has 0 N–H and O–H groups in total. The van der Waals surface area contributed by atoms with Gasteiger partial charge in [-0.05, 0) is 29.8 Å². The quantitative estimate of drug-likeness (QED) is 0.319. The molecule has 5 nitrogen and oxygen atoms in total. The summed E-state index contributed by atoms with van der Waals surface area (Å²) in [5.74, 6) is 0.682. The number of benzene rings is 2. The van der Waals surface area contributed by atoms with Gasteiger partial charge < -0.3 is 0 Å². The van der Waals surface area contributed by atoms with Gasteiger partial charge in [0.2, 0.25) is 0 Å². The maximum absolute atomic E-state index is 10.9. The first-order valence-corrected chi connectivity index (χ1v) is 8.92. The van der Waals surface area contributed by atoms with E-state index in [9.17, 15) is 10.1 Å². The number of nitrogens with zero attached hydrogens (tertiary/aromatic N) is 3. The standard InChI is InChI=1S/C17H11Cl2N3O2S/c18-14-5-4-11(8-15(14)19)10-25-17-7-6-16(20-21-17)12-2-1-3-13(9-12)22(23)24/h1-9H,10H2. The van der Waals surface area contributed by atoms with Crippen molar-refractivity contribution in [2.24, 2.45) is 0 Å². The van der Waals surface area contributed by atoms with Crippen LogP contribution in [0.25, 0.3) is 11.3 Å². The monoisotopic (exact) mass is 391 g/mol. The molecule has 1 aromatic heterocycles. The summed E-state index contributed by atoms with van der Waals surface area (Å²) in [5.41, 5.74) is 2.30. The van der Waals surface area contributed by atoms with Crippen molar-refractivity contribution < 1.29 is 4.92 Å². The van der Waals surface area contributed by atoms with Gasteiger partial charge in [0.05, 0.1) is 20.7 Å². The Balaban J connectivity index is 1.70. The van der Waals surface area contributed by atoms with E-state index in [2.05, 4.69) is 10.2 Å². The molecule has 0 unspecified atom stereocenters. The lowest BCUT2D eigenvalue weighted by Gasteiger charge is -2.04. The molecule has 126 valence electrons. The van der Waals surface area contributed by atoms with Crippen LogP contribution in [-0.2, 0) is 5.75 Å². The Hall–Kier alpha value is -2.15. The number of aromatic nitrogens is 2. The average molecular weight is 392 g/mol. The van der Waals surface area contributed by atoms with E-state index in [1.165, 1.54) is 23.9 Å². The summed E-state index contributed by atoms with van der Waals surface area (Å²) in [7, 11) is 0. The van der Waals surface area contributed by atoms with Crippen LogP contribution in [0.3, 0.4) is 0 Å². The summed E-state index contributed by atoms with van der Waals surface area (Å²) in [5, 5.41) is 21.0. The van der Waals surface area contributed by atoms with E-state index in [1.807, 2.05) is 18.2 Å². The number of thioether (sulfide) groups is 1. The average Bonchev–Trinajstić information content (AvgIpc) is 2.63. The third kappa shape index (κ3) is 4.48. The molecule has 0 bridgehead atoms. The summed E-state index contributed by atoms with van der Waals surface area (Å²) in [4.78, 5) is 10.4. The Morgan fingerprint density at radius 1 is 1.00 bits per heavy atom. The topological polar surface area (TPSA) is 68.9 Å². The minimum atomic E-state index is -0.432. The van der Waals surface area contributed by atoms with Crippen molar-refractivity contribution in [3.8, 4) is 11.3 Å². The zero-order chi connectivity index (χ0) is 17.8. The van der Waals surface area contributed by atoms with Crippen LogP contribution < -0.4 is 0 Å². The number of non-ortho nitro benzene ring substituents is 1. The molecular weight excluding hydrogens is 381 g/mol. The molecule has 0 spiro atoms. The van der Waals surface area contributed by atoms with E-state index in [-0.39, 0.29) is 5.69 Å². The van der Waals surface area contributed by atoms with Crippen molar-refractivity contribution >= 4 is 40.7 Å². The molecule has 0 atom stereocenters. The molecule has 2 aromatic carbocycles. The fraction of sp³-hybridized carbons (Fsp3) is 0.0588. The number of halogens is 2. The Kier molecular flexibility index (Phi) is 5.53. The van der Waals surface area contributed by atoms with Gasteiger partial charge in [0.15, 0.2) is 0 Å². The van der Waals surface area contributed by atoms with Gasteiger partial charge in [0.1, 0.15) is 5.03 Å². The second-order valence-electron chi connectivity index (χ2n) is 5.10. The van der Waals surface area contributed by atoms with Crippen LogP contribution in [-0.4, -0.2) is 15.1 Å². The number of hydrogen-bond acceptors (Lipinski definition) is 5. The number of hydrogen-bond donors (Lipinski definition) is 0. The number of nitro benzene ring substituents is 1. The van der Waals surface area contributed by atoms with E-state index >= 15 is 0 Å². The van der Waals surface area contributed by atoms with Gasteiger partial charge >= 0.3 is 0 Å². The van der Waals surface area contributed by atoms with E-state index in [0.29, 0.717) is 27.1 Å². The third-order valence-electron chi connectivity index (χ3n) is 3.36. The largest absolute Gasteiger partial charge is 0.270 e.